The van der Waals surface area contributed by atoms with E-state index in [1.165, 1.54) is 41.3 Å². The summed E-state index contributed by atoms with van der Waals surface area (Å²) in [6, 6.07) is 23.3. The number of benzene rings is 4. The number of amides is 2. The molecule has 0 aromatic heterocycles. The van der Waals surface area contributed by atoms with Crippen LogP contribution < -0.4 is 19.7 Å². The minimum Gasteiger partial charge on any atom is -0.490 e. The molecule has 222 valence electrons. The molecular weight excluding hydrogens is 605 g/mol. The lowest BCUT2D eigenvalue weighted by molar-refractivity contribution is -0.384. The van der Waals surface area contributed by atoms with Crippen molar-refractivity contribution in [2.45, 2.75) is 13.5 Å². The van der Waals surface area contributed by atoms with Crippen LogP contribution in [0, 0.1) is 15.9 Å². The summed E-state index contributed by atoms with van der Waals surface area (Å²) >= 11 is 6.66. The average molecular weight is 630 g/mol. The number of hydrogen-bond donors (Lipinski definition) is 1. The second kappa shape index (κ2) is 13.5. The molecule has 1 heterocycles. The third-order valence-electron chi connectivity index (χ3n) is 6.37. The molecule has 1 aliphatic heterocycles. The Morgan fingerprint density at radius 1 is 1.02 bits per heavy atom. The second-order valence-corrected chi connectivity index (χ2v) is 11.1. The predicted molar refractivity (Wildman–Crippen MR) is 171 cm³/mol. The van der Waals surface area contributed by atoms with Gasteiger partial charge in [-0.05, 0) is 90.9 Å². The SMILES string of the molecule is CCOc1cc(/C=C2/SC(=S)N(c3cccc(C(=O)Nc4ccc(F)cc4)c3)C2=O)ccc1OCc1ccc([N+](=O)[O-])cc1. The van der Waals surface area contributed by atoms with Crippen LogP contribution in [0.25, 0.3) is 6.08 Å². The fraction of sp³-hybridized carbons (Fsp3) is 0.0938. The van der Waals surface area contributed by atoms with Gasteiger partial charge in [0.2, 0.25) is 0 Å². The normalized spacial score (nSPS) is 13.7. The fourth-order valence-electron chi connectivity index (χ4n) is 4.24. The van der Waals surface area contributed by atoms with Crippen LogP contribution in [0.3, 0.4) is 0 Å². The molecule has 0 radical (unpaired) electrons. The second-order valence-electron chi connectivity index (χ2n) is 9.38. The van der Waals surface area contributed by atoms with Crippen LogP contribution in [0.4, 0.5) is 21.5 Å². The molecule has 4 aromatic carbocycles. The molecule has 0 bridgehead atoms. The van der Waals surface area contributed by atoms with Crippen molar-refractivity contribution in [2.24, 2.45) is 0 Å². The van der Waals surface area contributed by atoms with E-state index in [4.69, 9.17) is 21.7 Å². The number of hydrogen-bond acceptors (Lipinski definition) is 8. The first-order valence-electron chi connectivity index (χ1n) is 13.3. The van der Waals surface area contributed by atoms with Gasteiger partial charge in [0.15, 0.2) is 15.8 Å². The Bertz CT molecular complexity index is 1780. The van der Waals surface area contributed by atoms with Gasteiger partial charge in [-0.3, -0.25) is 24.6 Å². The summed E-state index contributed by atoms with van der Waals surface area (Å²) < 4.78 is 25.2. The number of nitrogens with zero attached hydrogens (tertiary/aromatic N) is 2. The summed E-state index contributed by atoms with van der Waals surface area (Å²) in [6.07, 6.45) is 1.70. The monoisotopic (exact) mass is 629 g/mol. The van der Waals surface area contributed by atoms with E-state index in [0.29, 0.717) is 49.8 Å². The lowest BCUT2D eigenvalue weighted by Crippen LogP contribution is -2.27. The van der Waals surface area contributed by atoms with Crippen LogP contribution in [0.5, 0.6) is 11.5 Å². The molecule has 0 atom stereocenters. The number of anilines is 2. The molecular formula is C32H24FN3O6S2. The largest absolute Gasteiger partial charge is 0.490 e. The van der Waals surface area contributed by atoms with Crippen molar-refractivity contribution in [3.05, 3.63) is 129 Å². The van der Waals surface area contributed by atoms with Gasteiger partial charge >= 0.3 is 0 Å². The molecule has 0 unspecified atom stereocenters. The number of halogens is 1. The minimum absolute atomic E-state index is 0.00131. The Balaban J connectivity index is 1.31. The first-order valence-corrected chi connectivity index (χ1v) is 14.5. The number of nitro benzene ring substituents is 1. The van der Waals surface area contributed by atoms with Crippen LogP contribution >= 0.6 is 24.0 Å². The summed E-state index contributed by atoms with van der Waals surface area (Å²) in [5.41, 5.74) is 2.61. The molecule has 0 aliphatic carbocycles. The first-order chi connectivity index (χ1) is 21.2. The summed E-state index contributed by atoms with van der Waals surface area (Å²) in [5.74, 6) is -0.221. The number of thioether (sulfide) groups is 1. The van der Waals surface area contributed by atoms with Gasteiger partial charge in [-0.1, -0.05) is 36.1 Å². The highest BCUT2D eigenvalue weighted by Gasteiger charge is 2.33. The summed E-state index contributed by atoms with van der Waals surface area (Å²) in [7, 11) is 0. The van der Waals surface area contributed by atoms with Gasteiger partial charge in [0.1, 0.15) is 12.4 Å². The Morgan fingerprint density at radius 3 is 2.48 bits per heavy atom. The van der Waals surface area contributed by atoms with Crippen molar-refractivity contribution < 1.29 is 28.4 Å². The highest BCUT2D eigenvalue weighted by molar-refractivity contribution is 8.27. The van der Waals surface area contributed by atoms with E-state index >= 15 is 0 Å². The van der Waals surface area contributed by atoms with Gasteiger partial charge in [-0.2, -0.15) is 0 Å². The molecule has 1 fully saturated rings. The van der Waals surface area contributed by atoms with E-state index in [9.17, 15) is 24.1 Å². The average Bonchev–Trinajstić information content (AvgIpc) is 3.30. The van der Waals surface area contributed by atoms with Crippen molar-refractivity contribution >= 4 is 63.3 Å². The van der Waals surface area contributed by atoms with Crippen molar-refractivity contribution in [1.82, 2.24) is 0 Å². The van der Waals surface area contributed by atoms with Gasteiger partial charge < -0.3 is 14.8 Å². The van der Waals surface area contributed by atoms with Crippen LogP contribution in [-0.2, 0) is 11.4 Å². The third kappa shape index (κ3) is 7.10. The number of carbonyl (C=O) groups excluding carboxylic acids is 2. The number of carbonyl (C=O) groups is 2. The number of nitrogens with one attached hydrogen (secondary N) is 1. The fourth-order valence-corrected chi connectivity index (χ4v) is 5.54. The highest BCUT2D eigenvalue weighted by Crippen LogP contribution is 2.38. The molecule has 1 aliphatic rings. The smallest absolute Gasteiger partial charge is 0.270 e. The molecule has 12 heteroatoms. The molecule has 1 N–H and O–H groups in total. The lowest BCUT2D eigenvalue weighted by atomic mass is 10.1. The molecule has 0 spiro atoms. The Labute approximate surface area is 261 Å². The van der Waals surface area contributed by atoms with Crippen LogP contribution in [0.2, 0.25) is 0 Å². The van der Waals surface area contributed by atoms with Gasteiger partial charge in [0, 0.05) is 23.4 Å². The van der Waals surface area contributed by atoms with E-state index in [2.05, 4.69) is 5.32 Å². The van der Waals surface area contributed by atoms with E-state index in [1.807, 2.05) is 6.92 Å². The zero-order chi connectivity index (χ0) is 31.2. The topological polar surface area (TPSA) is 111 Å². The van der Waals surface area contributed by atoms with Gasteiger partial charge in [0.05, 0.1) is 22.1 Å². The summed E-state index contributed by atoms with van der Waals surface area (Å²) in [4.78, 5) is 38.4. The molecule has 0 saturated carbocycles. The van der Waals surface area contributed by atoms with Crippen molar-refractivity contribution in [3.63, 3.8) is 0 Å². The third-order valence-corrected chi connectivity index (χ3v) is 7.67. The maximum absolute atomic E-state index is 13.4. The van der Waals surface area contributed by atoms with E-state index in [0.717, 1.165) is 17.3 Å². The summed E-state index contributed by atoms with van der Waals surface area (Å²) in [5, 5.41) is 13.6. The minimum atomic E-state index is -0.460. The molecule has 2 amide bonds. The molecule has 5 rings (SSSR count). The lowest BCUT2D eigenvalue weighted by Gasteiger charge is -2.15. The highest BCUT2D eigenvalue weighted by atomic mass is 32.2. The van der Waals surface area contributed by atoms with Crippen molar-refractivity contribution in [3.8, 4) is 11.5 Å². The quantitative estimate of drug-likeness (QED) is 0.0838. The van der Waals surface area contributed by atoms with Crippen molar-refractivity contribution in [2.75, 3.05) is 16.8 Å². The van der Waals surface area contributed by atoms with Crippen LogP contribution in [0.1, 0.15) is 28.4 Å². The maximum Gasteiger partial charge on any atom is 0.270 e. The zero-order valence-electron chi connectivity index (χ0n) is 23.2. The molecule has 9 nitrogen and oxygen atoms in total. The Kier molecular flexibility index (Phi) is 9.32. The number of non-ortho nitro benzene ring substituents is 1. The predicted octanol–water partition coefficient (Wildman–Crippen LogP) is 7.37. The van der Waals surface area contributed by atoms with Crippen LogP contribution in [0.15, 0.2) is 95.9 Å². The first kappa shape index (κ1) is 30.4. The standard InChI is InChI=1S/C32H24FN3O6S2/c1-2-41-28-16-21(8-15-27(28)42-19-20-6-13-25(14-7-20)36(39)40)17-29-31(38)35(32(43)44-29)26-5-3-4-22(18-26)30(37)34-24-11-9-23(33)10-12-24/h3-18H,2,19H2,1H3,(H,34,37)/b29-17+. The molecule has 1 saturated heterocycles. The van der Waals surface area contributed by atoms with Gasteiger partial charge in [0.25, 0.3) is 17.5 Å². The van der Waals surface area contributed by atoms with Crippen LogP contribution in [-0.4, -0.2) is 27.7 Å². The van der Waals surface area contributed by atoms with E-state index in [1.54, 1.807) is 60.7 Å². The number of nitro groups is 1. The Morgan fingerprint density at radius 2 is 1.77 bits per heavy atom. The number of thiocarbonyl (C=S) groups is 1. The van der Waals surface area contributed by atoms with Crippen molar-refractivity contribution in [1.29, 1.82) is 0 Å². The van der Waals surface area contributed by atoms with Gasteiger partial charge in [-0.25, -0.2) is 4.39 Å². The van der Waals surface area contributed by atoms with Gasteiger partial charge in [-0.15, -0.1) is 0 Å². The zero-order valence-corrected chi connectivity index (χ0v) is 24.8. The van der Waals surface area contributed by atoms with E-state index < -0.39 is 16.6 Å². The maximum atomic E-state index is 13.4. The number of ether oxygens (including phenoxy) is 2. The molecule has 44 heavy (non-hydrogen) atoms. The summed E-state index contributed by atoms with van der Waals surface area (Å²) in [6.45, 7) is 2.40. The van der Waals surface area contributed by atoms with E-state index in [-0.39, 0.29) is 18.2 Å². The number of rotatable bonds is 10. The Hall–Kier alpha value is -5.07. The molecule has 4 aromatic rings.